The predicted octanol–water partition coefficient (Wildman–Crippen LogP) is 13.2. The molecule has 8 aromatic rings. The fraction of sp³-hybridized carbons (Fsp3) is 0.176. The highest BCUT2D eigenvalue weighted by atomic mass is 35.5. The zero-order valence-electron chi connectivity index (χ0n) is 39.6. The van der Waals surface area contributed by atoms with E-state index in [2.05, 4.69) is 35.9 Å². The zero-order chi connectivity index (χ0) is 50.5. The lowest BCUT2D eigenvalue weighted by atomic mass is 10.1. The van der Waals surface area contributed by atoms with E-state index in [1.807, 2.05) is 120 Å². The smallest absolute Gasteiger partial charge is 0.156 e. The number of hydrogen-bond donors (Lipinski definition) is 3. The number of rotatable bonds is 9. The summed E-state index contributed by atoms with van der Waals surface area (Å²) >= 11 is 16.6. The van der Waals surface area contributed by atoms with Gasteiger partial charge >= 0.3 is 0 Å². The number of aryl methyl sites for hydroxylation is 5. The molecule has 0 unspecified atom stereocenters. The number of nitrogens with one attached hydrogen (secondary N) is 1. The van der Waals surface area contributed by atoms with Gasteiger partial charge in [-0.1, -0.05) is 58.6 Å². The van der Waals surface area contributed by atoms with E-state index in [0.717, 1.165) is 50.4 Å². The molecule has 0 aliphatic rings. The first-order chi connectivity index (χ1) is 32.8. The highest BCUT2D eigenvalue weighted by molar-refractivity contribution is 7.70. The van der Waals surface area contributed by atoms with Gasteiger partial charge in [-0.25, -0.2) is 0 Å². The van der Waals surface area contributed by atoms with Crippen molar-refractivity contribution in [2.24, 2.45) is 0 Å². The van der Waals surface area contributed by atoms with Crippen LogP contribution in [-0.4, -0.2) is 63.2 Å². The van der Waals surface area contributed by atoms with Crippen molar-refractivity contribution >= 4 is 64.4 Å². The van der Waals surface area contributed by atoms with Gasteiger partial charge < -0.3 is 39.7 Å². The maximum atomic E-state index is 12.1. The standard InChI is InChI=1S/C20H22N3O3P.C12H11ClN2O2.C8H10O.C7H9N.C4H2Cl2N2/c1-14-9-16(25-2)11-17(10-14)26-18-12-20(23-21-13-18)22-15-5-7-19(8-6-15)27(3,4)24;1-8-3-9(16-2)5-10(4-8)17-11-6-12(13)15-14-7-11;1-6-3-7(2)5-8(9)4-6;1-6-2-4-7(8)5-3-6;5-3-1-4(6)8-7-2-3/h5-13H,1-4H3,(H,22,23);3-7H,1-2H3;3-5,9H,1-2H3;2-5H,8H2,1H3;1-2H. The number of nitrogens with two attached hydrogens (primary N) is 1. The molecule has 360 valence electrons. The first-order valence-corrected chi connectivity index (χ1v) is 24.6. The van der Waals surface area contributed by atoms with Gasteiger partial charge in [0, 0.05) is 40.9 Å². The number of nitrogen functional groups attached to an aromatic ring is 1. The highest BCUT2D eigenvalue weighted by Gasteiger charge is 2.11. The van der Waals surface area contributed by atoms with Crippen LogP contribution in [0.25, 0.3) is 0 Å². The molecule has 0 spiro atoms. The van der Waals surface area contributed by atoms with Crippen molar-refractivity contribution in [3.8, 4) is 40.2 Å². The zero-order valence-corrected chi connectivity index (χ0v) is 42.8. The number of benzene rings is 5. The number of ether oxygens (including phenoxy) is 4. The number of anilines is 3. The Morgan fingerprint density at radius 1 is 0.522 bits per heavy atom. The van der Waals surface area contributed by atoms with Crippen LogP contribution in [-0.2, 0) is 4.57 Å². The summed E-state index contributed by atoms with van der Waals surface area (Å²) in [6.07, 6.45) is 4.47. The van der Waals surface area contributed by atoms with E-state index in [1.54, 1.807) is 64.1 Å². The molecule has 0 amide bonds. The first-order valence-electron chi connectivity index (χ1n) is 20.9. The van der Waals surface area contributed by atoms with Crippen molar-refractivity contribution < 1.29 is 28.6 Å². The minimum Gasteiger partial charge on any atom is -0.508 e. The predicted molar refractivity (Wildman–Crippen MR) is 279 cm³/mol. The SMILES string of the molecule is COc1cc(C)cc(Oc2cnnc(Cl)c2)c1.COc1cc(C)cc(Oc2cnnc(Nc3ccc(P(C)(C)=O)cc3)c2)c1.Cc1cc(C)cc(O)c1.Cc1ccc(N)cc1.Clc1cnnc(Cl)c1. The molecule has 14 nitrogen and oxygen atoms in total. The van der Waals surface area contributed by atoms with Crippen LogP contribution < -0.4 is 35.3 Å². The third-order valence-electron chi connectivity index (χ3n) is 8.86. The molecule has 69 heavy (non-hydrogen) atoms. The number of phenolic OH excluding ortho intramolecular Hbond substituents is 1. The Morgan fingerprint density at radius 3 is 1.42 bits per heavy atom. The molecule has 0 aliphatic heterocycles. The lowest BCUT2D eigenvalue weighted by Crippen LogP contribution is -2.03. The van der Waals surface area contributed by atoms with Crippen LogP contribution in [0.4, 0.5) is 17.2 Å². The summed E-state index contributed by atoms with van der Waals surface area (Å²) in [4.78, 5) is 0. The molecule has 3 aromatic heterocycles. The van der Waals surface area contributed by atoms with Crippen LogP contribution in [0.5, 0.6) is 40.2 Å². The monoisotopic (exact) mass is 1010 g/mol. The number of phenols is 1. The third-order valence-corrected chi connectivity index (χ3v) is 11.0. The average molecular weight is 1010 g/mol. The fourth-order valence-corrected chi connectivity index (χ4v) is 7.17. The molecule has 0 saturated heterocycles. The van der Waals surface area contributed by atoms with Crippen molar-refractivity contribution in [2.75, 3.05) is 38.6 Å². The number of nitrogens with zero attached hydrogens (tertiary/aromatic N) is 6. The maximum Gasteiger partial charge on any atom is 0.156 e. The molecule has 0 saturated carbocycles. The summed E-state index contributed by atoms with van der Waals surface area (Å²) in [5.74, 6) is 4.81. The molecule has 8 rings (SSSR count). The van der Waals surface area contributed by atoms with Gasteiger partial charge in [-0.2, -0.15) is 15.3 Å². The second-order valence-corrected chi connectivity index (χ2v) is 20.0. The summed E-state index contributed by atoms with van der Waals surface area (Å²) in [7, 11) is 0.971. The molecule has 5 aromatic carbocycles. The van der Waals surface area contributed by atoms with Gasteiger partial charge in [-0.05, 0) is 149 Å². The molecule has 0 bridgehead atoms. The van der Waals surface area contributed by atoms with E-state index in [9.17, 15) is 4.57 Å². The molecule has 0 fully saturated rings. The molecule has 4 N–H and O–H groups in total. The second kappa shape index (κ2) is 27.1. The lowest BCUT2D eigenvalue weighted by molar-refractivity contribution is 0.408. The van der Waals surface area contributed by atoms with Crippen LogP contribution in [0.2, 0.25) is 15.3 Å². The number of methoxy groups -OCH3 is 2. The second-order valence-electron chi connectivity index (χ2n) is 15.5. The summed E-state index contributed by atoms with van der Waals surface area (Å²) in [5, 5.41) is 36.5. The van der Waals surface area contributed by atoms with Crippen molar-refractivity contribution in [3.05, 3.63) is 183 Å². The van der Waals surface area contributed by atoms with Gasteiger partial charge in [0.05, 0.1) is 37.8 Å². The molecule has 0 atom stereocenters. The Balaban J connectivity index is 0.000000209. The van der Waals surface area contributed by atoms with E-state index < -0.39 is 7.14 Å². The van der Waals surface area contributed by atoms with Crippen molar-refractivity contribution in [2.45, 2.75) is 34.6 Å². The Labute approximate surface area is 418 Å². The van der Waals surface area contributed by atoms with Gasteiger partial charge in [0.2, 0.25) is 0 Å². The molecular formula is C51H54Cl3N8O6P. The van der Waals surface area contributed by atoms with Crippen LogP contribution in [0, 0.1) is 34.6 Å². The van der Waals surface area contributed by atoms with Gasteiger partial charge in [-0.3, -0.25) is 0 Å². The van der Waals surface area contributed by atoms with Crippen LogP contribution in [0.3, 0.4) is 0 Å². The molecule has 0 radical (unpaired) electrons. The largest absolute Gasteiger partial charge is 0.508 e. The number of aromatic nitrogens is 6. The number of hydrogen-bond acceptors (Lipinski definition) is 14. The van der Waals surface area contributed by atoms with Crippen LogP contribution in [0.1, 0.15) is 27.8 Å². The topological polar surface area (TPSA) is 190 Å². The quantitative estimate of drug-likeness (QED) is 0.0914. The third kappa shape index (κ3) is 20.8. The molecule has 0 aliphatic carbocycles. The van der Waals surface area contributed by atoms with Crippen LogP contribution >= 0.6 is 41.9 Å². The molecule has 3 heterocycles. The van der Waals surface area contributed by atoms with Gasteiger partial charge in [0.25, 0.3) is 0 Å². The van der Waals surface area contributed by atoms with E-state index in [4.69, 9.17) is 64.6 Å². The highest BCUT2D eigenvalue weighted by Crippen LogP contribution is 2.35. The minimum absolute atomic E-state index is 0.294. The number of aromatic hydroxyl groups is 1. The molecule has 18 heteroatoms. The Hall–Kier alpha value is -6.96. The summed E-state index contributed by atoms with van der Waals surface area (Å²) in [6, 6.07) is 36.9. The molecular weight excluding hydrogens is 958 g/mol. The average Bonchev–Trinajstić information content (AvgIpc) is 3.27. The summed E-state index contributed by atoms with van der Waals surface area (Å²) < 4.78 is 34.0. The maximum absolute atomic E-state index is 12.1. The normalized spacial score (nSPS) is 10.2. The van der Waals surface area contributed by atoms with Gasteiger partial charge in [0.1, 0.15) is 35.9 Å². The van der Waals surface area contributed by atoms with Gasteiger partial charge in [-0.15, -0.1) is 15.3 Å². The lowest BCUT2D eigenvalue weighted by Gasteiger charge is -2.11. The van der Waals surface area contributed by atoms with E-state index >= 15 is 0 Å². The van der Waals surface area contributed by atoms with Crippen molar-refractivity contribution in [1.29, 1.82) is 0 Å². The van der Waals surface area contributed by atoms with Crippen LogP contribution in [0.15, 0.2) is 140 Å². The minimum atomic E-state index is -2.26. The summed E-state index contributed by atoms with van der Waals surface area (Å²) in [5.41, 5.74) is 12.6. The van der Waals surface area contributed by atoms with Gasteiger partial charge in [0.15, 0.2) is 27.6 Å². The Morgan fingerprint density at radius 2 is 0.986 bits per heavy atom. The number of halogens is 3. The Kier molecular flexibility index (Phi) is 21.5. The first kappa shape index (κ1) is 54.6. The fourth-order valence-electron chi connectivity index (χ4n) is 5.79. The van der Waals surface area contributed by atoms with Crippen molar-refractivity contribution in [1.82, 2.24) is 30.6 Å². The van der Waals surface area contributed by atoms with E-state index in [0.29, 0.717) is 49.9 Å². The Bertz CT molecular complexity index is 2840. The van der Waals surface area contributed by atoms with Crippen molar-refractivity contribution in [3.63, 3.8) is 0 Å². The summed E-state index contributed by atoms with van der Waals surface area (Å²) in [6.45, 7) is 13.4. The van der Waals surface area contributed by atoms with E-state index in [1.165, 1.54) is 24.0 Å². The van der Waals surface area contributed by atoms with E-state index in [-0.39, 0.29) is 0 Å².